The highest BCUT2D eigenvalue weighted by molar-refractivity contribution is 6.30. The van der Waals surface area contributed by atoms with Crippen LogP contribution in [0.1, 0.15) is 42.1 Å². The van der Waals surface area contributed by atoms with Crippen molar-refractivity contribution in [1.82, 2.24) is 15.5 Å². The van der Waals surface area contributed by atoms with E-state index in [0.29, 0.717) is 10.7 Å². The van der Waals surface area contributed by atoms with Gasteiger partial charge in [-0.25, -0.2) is 0 Å². The van der Waals surface area contributed by atoms with E-state index in [9.17, 15) is 13.2 Å². The highest BCUT2D eigenvalue weighted by Gasteiger charge is 2.34. The summed E-state index contributed by atoms with van der Waals surface area (Å²) in [4.78, 5) is 0. The second kappa shape index (κ2) is 7.11. The lowest BCUT2D eigenvalue weighted by atomic mass is 9.77. The number of nitrogens with zero attached hydrogens (tertiary/aromatic N) is 2. The van der Waals surface area contributed by atoms with Crippen molar-refractivity contribution in [1.29, 1.82) is 0 Å². The van der Waals surface area contributed by atoms with Crippen LogP contribution in [0.4, 0.5) is 13.2 Å². The lowest BCUT2D eigenvalue weighted by Crippen LogP contribution is -2.44. The van der Waals surface area contributed by atoms with Gasteiger partial charge in [-0.2, -0.15) is 13.2 Å². The SMILES string of the molecule is CC1(C)NCC(c2ccc(Cl)cc2)c2ccc(-c3ccc(C(F)(F)F)nn3)cc21. The van der Waals surface area contributed by atoms with Crippen molar-refractivity contribution >= 4 is 11.6 Å². The summed E-state index contributed by atoms with van der Waals surface area (Å²) in [6.45, 7) is 4.96. The van der Waals surface area contributed by atoms with Crippen LogP contribution in [0.25, 0.3) is 11.3 Å². The molecule has 1 N–H and O–H groups in total. The largest absolute Gasteiger partial charge is 0.435 e. The minimum Gasteiger partial charge on any atom is -0.307 e. The van der Waals surface area contributed by atoms with Crippen LogP contribution in [0.3, 0.4) is 0 Å². The fourth-order valence-electron chi connectivity index (χ4n) is 3.75. The van der Waals surface area contributed by atoms with Crippen LogP contribution in [0.5, 0.6) is 0 Å². The van der Waals surface area contributed by atoms with Gasteiger partial charge in [0.1, 0.15) is 0 Å². The Morgan fingerprint density at radius 3 is 2.34 bits per heavy atom. The third-order valence-electron chi connectivity index (χ3n) is 5.37. The Balaban J connectivity index is 1.75. The summed E-state index contributed by atoms with van der Waals surface area (Å²) in [5.74, 6) is 0.156. The first kappa shape index (κ1) is 19.9. The van der Waals surface area contributed by atoms with E-state index in [-0.39, 0.29) is 11.5 Å². The van der Waals surface area contributed by atoms with Crippen LogP contribution in [-0.2, 0) is 11.7 Å². The molecule has 1 unspecified atom stereocenters. The first-order valence-electron chi connectivity index (χ1n) is 9.21. The van der Waals surface area contributed by atoms with Crippen molar-refractivity contribution in [2.75, 3.05) is 6.54 Å². The molecule has 0 spiro atoms. The number of fused-ring (bicyclic) bond motifs is 1. The second-order valence-electron chi connectivity index (χ2n) is 7.71. The molecule has 1 aromatic heterocycles. The van der Waals surface area contributed by atoms with E-state index in [4.69, 9.17) is 11.6 Å². The van der Waals surface area contributed by atoms with Gasteiger partial charge in [0.15, 0.2) is 5.69 Å². The van der Waals surface area contributed by atoms with E-state index in [1.54, 1.807) is 0 Å². The summed E-state index contributed by atoms with van der Waals surface area (Å²) in [6.07, 6.45) is -4.50. The summed E-state index contributed by atoms with van der Waals surface area (Å²) in [7, 11) is 0. The summed E-state index contributed by atoms with van der Waals surface area (Å²) in [5, 5.41) is 11.4. The van der Waals surface area contributed by atoms with E-state index in [0.717, 1.165) is 29.3 Å². The summed E-state index contributed by atoms with van der Waals surface area (Å²) in [5.41, 5.74) is 3.28. The van der Waals surface area contributed by atoms with Gasteiger partial charge in [-0.15, -0.1) is 10.2 Å². The van der Waals surface area contributed by atoms with E-state index in [2.05, 4.69) is 29.4 Å². The zero-order valence-electron chi connectivity index (χ0n) is 15.9. The van der Waals surface area contributed by atoms with Gasteiger partial charge in [0.05, 0.1) is 5.69 Å². The first-order chi connectivity index (χ1) is 13.6. The van der Waals surface area contributed by atoms with Gasteiger partial charge in [0, 0.05) is 28.6 Å². The molecule has 0 aliphatic carbocycles. The number of halogens is 4. The lowest BCUT2D eigenvalue weighted by molar-refractivity contribution is -0.141. The van der Waals surface area contributed by atoms with Crippen LogP contribution in [0, 0.1) is 0 Å². The van der Waals surface area contributed by atoms with Crippen molar-refractivity contribution in [3.63, 3.8) is 0 Å². The molecule has 1 atom stereocenters. The smallest absolute Gasteiger partial charge is 0.307 e. The number of benzene rings is 2. The van der Waals surface area contributed by atoms with Gasteiger partial charge in [-0.3, -0.25) is 0 Å². The minimum absolute atomic E-state index is 0.156. The lowest BCUT2D eigenvalue weighted by Gasteiger charge is -2.39. The monoisotopic (exact) mass is 417 g/mol. The molecular weight excluding hydrogens is 399 g/mol. The normalized spacial score (nSPS) is 18.3. The summed E-state index contributed by atoms with van der Waals surface area (Å²) in [6, 6.07) is 16.0. The van der Waals surface area contributed by atoms with E-state index in [1.807, 2.05) is 42.5 Å². The molecule has 3 nitrogen and oxygen atoms in total. The molecule has 0 radical (unpaired) electrons. The third kappa shape index (κ3) is 3.87. The zero-order valence-corrected chi connectivity index (χ0v) is 16.6. The van der Waals surface area contributed by atoms with Gasteiger partial charge in [-0.05, 0) is 60.9 Å². The number of rotatable bonds is 2. The molecule has 2 aromatic carbocycles. The molecule has 0 fully saturated rings. The maximum Gasteiger partial charge on any atom is 0.435 e. The zero-order chi connectivity index (χ0) is 20.8. The Morgan fingerprint density at radius 1 is 1.00 bits per heavy atom. The number of alkyl halides is 3. The average molecular weight is 418 g/mol. The highest BCUT2D eigenvalue weighted by Crippen LogP contribution is 2.39. The van der Waals surface area contributed by atoms with Crippen LogP contribution < -0.4 is 5.32 Å². The molecule has 150 valence electrons. The number of aromatic nitrogens is 2. The molecule has 1 aliphatic rings. The predicted octanol–water partition coefficient (Wildman–Crippen LogP) is 5.79. The van der Waals surface area contributed by atoms with Crippen molar-refractivity contribution in [2.45, 2.75) is 31.5 Å². The van der Waals surface area contributed by atoms with Crippen LogP contribution in [0.15, 0.2) is 54.6 Å². The Morgan fingerprint density at radius 2 is 1.72 bits per heavy atom. The standard InChI is InChI=1S/C22H19ClF3N3/c1-21(2)18-11-14(19-9-10-20(29-28-19)22(24,25)26)5-8-16(18)17(12-27-21)13-3-6-15(23)7-4-13/h3-11,17,27H,12H2,1-2H3. The maximum atomic E-state index is 12.8. The Bertz CT molecular complexity index is 1030. The number of nitrogens with one attached hydrogen (secondary N) is 1. The van der Waals surface area contributed by atoms with E-state index >= 15 is 0 Å². The molecule has 3 aromatic rings. The summed E-state index contributed by atoms with van der Waals surface area (Å²) >= 11 is 6.03. The average Bonchev–Trinajstić information content (AvgIpc) is 2.68. The molecule has 0 amide bonds. The van der Waals surface area contributed by atoms with Gasteiger partial charge >= 0.3 is 6.18 Å². The maximum absolute atomic E-state index is 12.8. The van der Waals surface area contributed by atoms with Gasteiger partial charge in [0.25, 0.3) is 0 Å². The van der Waals surface area contributed by atoms with Crippen molar-refractivity contribution < 1.29 is 13.2 Å². The Kier molecular flexibility index (Phi) is 4.87. The minimum atomic E-state index is -4.50. The summed E-state index contributed by atoms with van der Waals surface area (Å²) < 4.78 is 38.3. The van der Waals surface area contributed by atoms with E-state index in [1.165, 1.54) is 11.6 Å². The van der Waals surface area contributed by atoms with Gasteiger partial charge < -0.3 is 5.32 Å². The fourth-order valence-corrected chi connectivity index (χ4v) is 3.88. The van der Waals surface area contributed by atoms with Gasteiger partial charge in [0.2, 0.25) is 0 Å². The molecule has 0 saturated heterocycles. The number of hydrogen-bond donors (Lipinski definition) is 1. The molecule has 0 bridgehead atoms. The van der Waals surface area contributed by atoms with Crippen molar-refractivity contribution in [3.8, 4) is 11.3 Å². The van der Waals surface area contributed by atoms with E-state index < -0.39 is 11.9 Å². The Labute approximate surface area is 171 Å². The number of hydrogen-bond acceptors (Lipinski definition) is 3. The molecule has 29 heavy (non-hydrogen) atoms. The van der Waals surface area contributed by atoms with Crippen molar-refractivity contribution in [3.05, 3.63) is 82.0 Å². The third-order valence-corrected chi connectivity index (χ3v) is 5.63. The van der Waals surface area contributed by atoms with Crippen LogP contribution >= 0.6 is 11.6 Å². The predicted molar refractivity (Wildman–Crippen MR) is 107 cm³/mol. The molecule has 2 heterocycles. The second-order valence-corrected chi connectivity index (χ2v) is 8.15. The highest BCUT2D eigenvalue weighted by atomic mass is 35.5. The molecule has 7 heteroatoms. The Hall–Kier alpha value is -2.44. The van der Waals surface area contributed by atoms with Crippen LogP contribution in [0.2, 0.25) is 5.02 Å². The fraction of sp³-hybridized carbons (Fsp3) is 0.273. The molecule has 4 rings (SSSR count). The topological polar surface area (TPSA) is 37.8 Å². The first-order valence-corrected chi connectivity index (χ1v) is 9.59. The molecule has 1 aliphatic heterocycles. The van der Waals surface area contributed by atoms with Crippen LogP contribution in [-0.4, -0.2) is 16.7 Å². The quantitative estimate of drug-likeness (QED) is 0.573. The van der Waals surface area contributed by atoms with Gasteiger partial charge in [-0.1, -0.05) is 35.9 Å². The molecule has 0 saturated carbocycles. The van der Waals surface area contributed by atoms with Crippen molar-refractivity contribution in [2.24, 2.45) is 0 Å². The molecular formula is C22H19ClF3N3.